The Bertz CT molecular complexity index is 1290. The minimum Gasteiger partial charge on any atom is -0.495 e. The smallest absolute Gasteiger partial charge is 0.254 e. The van der Waals surface area contributed by atoms with Crippen molar-refractivity contribution in [2.75, 3.05) is 56.6 Å². The van der Waals surface area contributed by atoms with Crippen LogP contribution in [0, 0.1) is 0 Å². The lowest BCUT2D eigenvalue weighted by Crippen LogP contribution is -2.49. The van der Waals surface area contributed by atoms with Crippen molar-refractivity contribution in [3.05, 3.63) is 70.2 Å². The highest BCUT2D eigenvalue weighted by Crippen LogP contribution is 2.28. The van der Waals surface area contributed by atoms with E-state index in [9.17, 15) is 14.4 Å². The molecule has 0 saturated carbocycles. The molecule has 1 aromatic heterocycles. The first-order valence-electron chi connectivity index (χ1n) is 12.8. The molecule has 2 heterocycles. The maximum Gasteiger partial charge on any atom is 0.254 e. The van der Waals surface area contributed by atoms with Crippen LogP contribution in [0.1, 0.15) is 29.4 Å². The minimum atomic E-state index is -0.342. The van der Waals surface area contributed by atoms with Crippen LogP contribution in [0.25, 0.3) is 0 Å². The Balaban J connectivity index is 1.27. The molecule has 1 N–H and O–H groups in total. The Morgan fingerprint density at radius 3 is 2.49 bits per heavy atom. The number of para-hydroxylation sites is 2. The van der Waals surface area contributed by atoms with Gasteiger partial charge in [0.15, 0.2) is 5.13 Å². The molecule has 0 atom stereocenters. The van der Waals surface area contributed by atoms with Gasteiger partial charge in [-0.05, 0) is 42.8 Å². The van der Waals surface area contributed by atoms with Crippen LogP contribution in [0.15, 0.2) is 53.9 Å². The number of ether oxygens (including phenoxy) is 1. The summed E-state index contributed by atoms with van der Waals surface area (Å²) in [5.74, 6) is 0.243. The van der Waals surface area contributed by atoms with Gasteiger partial charge in [-0.25, -0.2) is 4.98 Å². The van der Waals surface area contributed by atoms with Crippen molar-refractivity contribution in [1.82, 2.24) is 14.8 Å². The summed E-state index contributed by atoms with van der Waals surface area (Å²) in [6, 6.07) is 14.5. The van der Waals surface area contributed by atoms with E-state index < -0.39 is 0 Å². The molecule has 0 spiro atoms. The second kappa shape index (κ2) is 13.4. The number of hydrogen-bond acceptors (Lipinski definition) is 7. The lowest BCUT2D eigenvalue weighted by Gasteiger charge is -2.36. The second-order valence-electron chi connectivity index (χ2n) is 9.14. The Morgan fingerprint density at radius 2 is 1.79 bits per heavy atom. The van der Waals surface area contributed by atoms with Crippen LogP contribution >= 0.6 is 22.9 Å². The van der Waals surface area contributed by atoms with Crippen molar-refractivity contribution in [3.8, 4) is 5.75 Å². The Labute approximate surface area is 237 Å². The monoisotopic (exact) mass is 569 g/mol. The topological polar surface area (TPSA) is 95.1 Å². The van der Waals surface area contributed by atoms with Crippen molar-refractivity contribution in [2.24, 2.45) is 0 Å². The molecule has 39 heavy (non-hydrogen) atoms. The van der Waals surface area contributed by atoms with E-state index in [1.54, 1.807) is 36.8 Å². The van der Waals surface area contributed by atoms with Gasteiger partial charge in [0.1, 0.15) is 12.3 Å². The second-order valence-corrected chi connectivity index (χ2v) is 10.4. The van der Waals surface area contributed by atoms with E-state index in [1.807, 2.05) is 36.1 Å². The van der Waals surface area contributed by atoms with E-state index in [0.717, 1.165) is 11.4 Å². The highest BCUT2D eigenvalue weighted by Gasteiger charge is 2.24. The number of halogens is 1. The number of methoxy groups -OCH3 is 1. The van der Waals surface area contributed by atoms with Gasteiger partial charge in [-0.15, -0.1) is 11.3 Å². The average molecular weight is 570 g/mol. The molecule has 1 fully saturated rings. The summed E-state index contributed by atoms with van der Waals surface area (Å²) in [6.07, 6.45) is 0.876. The zero-order chi connectivity index (χ0) is 27.8. The van der Waals surface area contributed by atoms with Gasteiger partial charge in [-0.2, -0.15) is 0 Å². The summed E-state index contributed by atoms with van der Waals surface area (Å²) in [5, 5.41) is 5.49. The minimum absolute atomic E-state index is 0.000496. The van der Waals surface area contributed by atoms with Gasteiger partial charge in [-0.1, -0.05) is 30.7 Å². The highest BCUT2D eigenvalue weighted by atomic mass is 35.5. The first kappa shape index (κ1) is 28.4. The summed E-state index contributed by atoms with van der Waals surface area (Å²) < 4.78 is 5.47. The van der Waals surface area contributed by atoms with Crippen molar-refractivity contribution < 1.29 is 19.1 Å². The third kappa shape index (κ3) is 7.48. The summed E-state index contributed by atoms with van der Waals surface area (Å²) in [6.45, 7) is 4.94. The maximum absolute atomic E-state index is 12.9. The number of piperazine rings is 1. The largest absolute Gasteiger partial charge is 0.495 e. The molecule has 1 aliphatic rings. The Morgan fingerprint density at radius 1 is 1.08 bits per heavy atom. The number of carbonyl (C=O) groups is 3. The van der Waals surface area contributed by atoms with Crippen LogP contribution in [0.5, 0.6) is 5.75 Å². The number of hydrogen-bond donors (Lipinski definition) is 1. The first-order chi connectivity index (χ1) is 18.9. The maximum atomic E-state index is 12.9. The fourth-order valence-corrected chi connectivity index (χ4v) is 5.28. The van der Waals surface area contributed by atoms with Crippen molar-refractivity contribution in [1.29, 1.82) is 0 Å². The number of amides is 3. The number of benzene rings is 2. The lowest BCUT2D eigenvalue weighted by atomic mass is 10.2. The van der Waals surface area contributed by atoms with Gasteiger partial charge in [0.25, 0.3) is 5.91 Å². The molecule has 0 radical (unpaired) electrons. The van der Waals surface area contributed by atoms with Gasteiger partial charge in [0.2, 0.25) is 11.8 Å². The molecule has 2 aromatic carbocycles. The van der Waals surface area contributed by atoms with E-state index in [2.05, 4.69) is 15.2 Å². The van der Waals surface area contributed by atoms with Crippen LogP contribution < -0.4 is 15.0 Å². The zero-order valence-electron chi connectivity index (χ0n) is 22.1. The molecule has 3 amide bonds. The van der Waals surface area contributed by atoms with Crippen LogP contribution in [0.4, 0.5) is 10.8 Å². The zero-order valence-corrected chi connectivity index (χ0v) is 23.6. The fourth-order valence-electron chi connectivity index (χ4n) is 4.43. The molecule has 206 valence electrons. The molecular formula is C28H32ClN5O4S. The van der Waals surface area contributed by atoms with Gasteiger partial charge < -0.3 is 24.8 Å². The number of carbonyl (C=O) groups excluding carboxylic acids is 3. The molecule has 9 nitrogen and oxygen atoms in total. The Kier molecular flexibility index (Phi) is 9.78. The van der Waals surface area contributed by atoms with Gasteiger partial charge in [0, 0.05) is 48.7 Å². The summed E-state index contributed by atoms with van der Waals surface area (Å²) in [7, 11) is 1.66. The molecule has 11 heteroatoms. The number of rotatable bonds is 10. The molecule has 0 aliphatic carbocycles. The average Bonchev–Trinajstić information content (AvgIpc) is 3.39. The lowest BCUT2D eigenvalue weighted by molar-refractivity contribution is -0.130. The summed E-state index contributed by atoms with van der Waals surface area (Å²) >= 11 is 7.18. The van der Waals surface area contributed by atoms with E-state index in [4.69, 9.17) is 16.3 Å². The van der Waals surface area contributed by atoms with Crippen molar-refractivity contribution in [2.45, 2.75) is 19.8 Å². The van der Waals surface area contributed by atoms with E-state index in [1.165, 1.54) is 16.2 Å². The van der Waals surface area contributed by atoms with Crippen LogP contribution in [0.3, 0.4) is 0 Å². The molecule has 3 aromatic rings. The number of thiazole rings is 1. The molecule has 0 unspecified atom stereocenters. The first-order valence-corrected chi connectivity index (χ1v) is 14.1. The highest BCUT2D eigenvalue weighted by molar-refractivity contribution is 7.13. The van der Waals surface area contributed by atoms with E-state index >= 15 is 0 Å². The Hall–Kier alpha value is -3.63. The standard InChI is InChI=1S/C28H32ClN5O4S/c1-3-12-34(27(37)20-8-10-21(29)11-9-20)18-25(35)31-28-30-22(19-39-28)17-26(36)33-15-13-32(14-16-33)23-6-4-5-7-24(23)38-2/h4-11,19H,3,12-18H2,1-2H3,(H,30,31,35). The van der Waals surface area contributed by atoms with Gasteiger partial charge in [0.05, 0.1) is 24.9 Å². The fraction of sp³-hybridized carbons (Fsp3) is 0.357. The van der Waals surface area contributed by atoms with Crippen molar-refractivity contribution in [3.63, 3.8) is 0 Å². The van der Waals surface area contributed by atoms with Crippen LogP contribution in [-0.4, -0.2) is 78.9 Å². The van der Waals surface area contributed by atoms with Gasteiger partial charge >= 0.3 is 0 Å². The number of anilines is 2. The van der Waals surface area contributed by atoms with Crippen molar-refractivity contribution >= 4 is 51.5 Å². The molecule has 0 bridgehead atoms. The predicted octanol–water partition coefficient (Wildman–Crippen LogP) is 4.19. The normalized spacial score (nSPS) is 13.2. The van der Waals surface area contributed by atoms with Crippen LogP contribution in [-0.2, 0) is 16.0 Å². The van der Waals surface area contributed by atoms with Crippen LogP contribution in [0.2, 0.25) is 5.02 Å². The van der Waals surface area contributed by atoms with E-state index in [0.29, 0.717) is 60.6 Å². The molecule has 1 saturated heterocycles. The third-order valence-corrected chi connectivity index (χ3v) is 7.45. The number of nitrogens with one attached hydrogen (secondary N) is 1. The molecular weight excluding hydrogens is 538 g/mol. The predicted molar refractivity (Wildman–Crippen MR) is 154 cm³/mol. The quantitative estimate of drug-likeness (QED) is 0.393. The number of nitrogens with zero attached hydrogens (tertiary/aromatic N) is 4. The van der Waals surface area contributed by atoms with E-state index in [-0.39, 0.29) is 30.7 Å². The third-order valence-electron chi connectivity index (χ3n) is 6.40. The molecule has 1 aliphatic heterocycles. The summed E-state index contributed by atoms with van der Waals surface area (Å²) in [4.78, 5) is 48.5. The number of aromatic nitrogens is 1. The molecule has 4 rings (SSSR count). The SMILES string of the molecule is CCCN(CC(=O)Nc1nc(CC(=O)N2CCN(c3ccccc3OC)CC2)cs1)C(=O)c1ccc(Cl)cc1. The van der Waals surface area contributed by atoms with Gasteiger partial charge in [-0.3, -0.25) is 14.4 Å². The summed E-state index contributed by atoms with van der Waals surface area (Å²) in [5.41, 5.74) is 2.11.